The normalized spacial score (nSPS) is 21.2. The summed E-state index contributed by atoms with van der Waals surface area (Å²) in [6, 6.07) is 12.3. The zero-order valence-corrected chi connectivity index (χ0v) is 18.9. The lowest BCUT2D eigenvalue weighted by Gasteiger charge is -2.48. The molecule has 2 saturated heterocycles. The molecule has 164 valence electrons. The number of rotatable bonds is 4. The molecule has 0 bridgehead atoms. The zero-order valence-electron chi connectivity index (χ0n) is 18.9. The quantitative estimate of drug-likeness (QED) is 0.665. The summed E-state index contributed by atoms with van der Waals surface area (Å²) in [5.74, 6) is 0.417. The van der Waals surface area contributed by atoms with E-state index in [1.807, 2.05) is 45.0 Å². The maximum Gasteiger partial charge on any atom is 0.157 e. The molecular formula is C25H27FN6. The van der Waals surface area contributed by atoms with Crippen LogP contribution in [0.1, 0.15) is 41.8 Å². The van der Waals surface area contributed by atoms with Crippen molar-refractivity contribution < 1.29 is 4.39 Å². The SMILES string of the molecule is Cc1c(C#N)cccc1[C@@H](C)Nc1nnc(C)c2cc(F)c(N3C[C@H]4[C@@H]3CCN4C)cc12. The summed E-state index contributed by atoms with van der Waals surface area (Å²) in [4.78, 5) is 4.55. The van der Waals surface area contributed by atoms with Crippen molar-refractivity contribution in [3.8, 4) is 6.07 Å². The van der Waals surface area contributed by atoms with Gasteiger partial charge in [0, 0.05) is 35.9 Å². The van der Waals surface area contributed by atoms with Crippen molar-refractivity contribution in [1.29, 1.82) is 5.26 Å². The van der Waals surface area contributed by atoms with Crippen LogP contribution in [-0.4, -0.2) is 47.3 Å². The first-order valence-corrected chi connectivity index (χ1v) is 11.1. The summed E-state index contributed by atoms with van der Waals surface area (Å²) >= 11 is 0. The molecule has 0 spiro atoms. The minimum atomic E-state index is -0.210. The van der Waals surface area contributed by atoms with Gasteiger partial charge < -0.3 is 10.2 Å². The second-order valence-corrected chi connectivity index (χ2v) is 9.04. The maximum absolute atomic E-state index is 15.2. The predicted octanol–water partition coefficient (Wildman–Crippen LogP) is 4.32. The topological polar surface area (TPSA) is 68.1 Å². The van der Waals surface area contributed by atoms with E-state index in [0.29, 0.717) is 34.8 Å². The number of hydrogen-bond donors (Lipinski definition) is 1. The number of benzene rings is 2. The van der Waals surface area contributed by atoms with Gasteiger partial charge in [0.2, 0.25) is 0 Å². The van der Waals surface area contributed by atoms with Gasteiger partial charge in [-0.2, -0.15) is 10.4 Å². The number of halogens is 1. The van der Waals surface area contributed by atoms with Gasteiger partial charge in [-0.3, -0.25) is 4.90 Å². The highest BCUT2D eigenvalue weighted by molar-refractivity contribution is 5.95. The molecule has 1 aromatic heterocycles. The first-order chi connectivity index (χ1) is 15.4. The molecule has 0 unspecified atom stereocenters. The zero-order chi connectivity index (χ0) is 22.6. The minimum absolute atomic E-state index is 0.0890. The summed E-state index contributed by atoms with van der Waals surface area (Å²) in [5.41, 5.74) is 3.98. The lowest BCUT2D eigenvalue weighted by molar-refractivity contribution is 0.241. The van der Waals surface area contributed by atoms with E-state index in [0.717, 1.165) is 41.4 Å². The average molecular weight is 431 g/mol. The molecule has 0 aliphatic carbocycles. The third kappa shape index (κ3) is 3.18. The van der Waals surface area contributed by atoms with Crippen molar-refractivity contribution in [3.63, 3.8) is 0 Å². The van der Waals surface area contributed by atoms with E-state index < -0.39 is 0 Å². The summed E-state index contributed by atoms with van der Waals surface area (Å²) < 4.78 is 15.2. The van der Waals surface area contributed by atoms with Crippen LogP contribution in [0.15, 0.2) is 30.3 Å². The molecule has 32 heavy (non-hydrogen) atoms. The fourth-order valence-corrected chi connectivity index (χ4v) is 5.23. The van der Waals surface area contributed by atoms with E-state index in [4.69, 9.17) is 0 Å². The fourth-order valence-electron chi connectivity index (χ4n) is 5.23. The van der Waals surface area contributed by atoms with Gasteiger partial charge in [0.1, 0.15) is 5.82 Å². The number of aromatic nitrogens is 2. The second kappa shape index (κ2) is 7.72. The molecule has 0 radical (unpaired) electrons. The average Bonchev–Trinajstić information content (AvgIpc) is 3.04. The lowest BCUT2D eigenvalue weighted by atomic mass is 9.95. The number of anilines is 2. The molecule has 6 nitrogen and oxygen atoms in total. The van der Waals surface area contributed by atoms with Crippen LogP contribution in [0.25, 0.3) is 10.8 Å². The number of nitrogens with one attached hydrogen (secondary N) is 1. The Kier molecular flexibility index (Phi) is 4.98. The number of hydrogen-bond acceptors (Lipinski definition) is 6. The lowest BCUT2D eigenvalue weighted by Crippen LogP contribution is -2.61. The van der Waals surface area contributed by atoms with Crippen LogP contribution in [0, 0.1) is 31.0 Å². The molecule has 0 amide bonds. The van der Waals surface area contributed by atoms with E-state index in [2.05, 4.69) is 38.4 Å². The van der Waals surface area contributed by atoms with E-state index in [9.17, 15) is 5.26 Å². The van der Waals surface area contributed by atoms with Crippen LogP contribution in [0.3, 0.4) is 0 Å². The highest BCUT2D eigenvalue weighted by atomic mass is 19.1. The number of fused-ring (bicyclic) bond motifs is 2. The first-order valence-electron chi connectivity index (χ1n) is 11.1. The number of likely N-dealkylation sites (N-methyl/N-ethyl adjacent to an activating group) is 1. The Hall–Kier alpha value is -3.24. The number of nitrogens with zero attached hydrogens (tertiary/aromatic N) is 5. The van der Waals surface area contributed by atoms with E-state index >= 15 is 4.39 Å². The molecule has 5 rings (SSSR count). The van der Waals surface area contributed by atoms with Crippen molar-refractivity contribution >= 4 is 22.3 Å². The molecule has 7 heteroatoms. The van der Waals surface area contributed by atoms with Crippen molar-refractivity contribution in [2.75, 3.05) is 30.4 Å². The molecule has 3 atom stereocenters. The fraction of sp³-hybridized carbons (Fsp3) is 0.400. The predicted molar refractivity (Wildman–Crippen MR) is 124 cm³/mol. The molecule has 3 heterocycles. The Balaban J connectivity index is 1.53. The Labute approximate surface area is 187 Å². The summed E-state index contributed by atoms with van der Waals surface area (Å²) in [7, 11) is 2.14. The minimum Gasteiger partial charge on any atom is -0.363 e. The van der Waals surface area contributed by atoms with Crippen molar-refractivity contribution in [2.24, 2.45) is 0 Å². The third-order valence-corrected chi connectivity index (χ3v) is 7.23. The first kappa shape index (κ1) is 20.7. The molecular weight excluding hydrogens is 403 g/mol. The van der Waals surface area contributed by atoms with Crippen LogP contribution in [0.2, 0.25) is 0 Å². The summed E-state index contributed by atoms with van der Waals surface area (Å²) in [6.45, 7) is 7.75. The van der Waals surface area contributed by atoms with Crippen LogP contribution >= 0.6 is 0 Å². The van der Waals surface area contributed by atoms with Crippen LogP contribution in [-0.2, 0) is 0 Å². The summed E-state index contributed by atoms with van der Waals surface area (Å²) in [5, 5.41) is 23.2. The van der Waals surface area contributed by atoms with Crippen LogP contribution < -0.4 is 10.2 Å². The van der Waals surface area contributed by atoms with Crippen molar-refractivity contribution in [3.05, 3.63) is 58.5 Å². The molecule has 0 saturated carbocycles. The van der Waals surface area contributed by atoms with E-state index in [1.165, 1.54) is 0 Å². The Bertz CT molecular complexity index is 1250. The molecule has 2 aliphatic rings. The summed E-state index contributed by atoms with van der Waals surface area (Å²) in [6.07, 6.45) is 1.06. The molecule has 3 aromatic rings. The molecule has 1 N–H and O–H groups in total. The van der Waals surface area contributed by atoms with Gasteiger partial charge in [-0.1, -0.05) is 12.1 Å². The molecule has 2 aromatic carbocycles. The highest BCUT2D eigenvalue weighted by Gasteiger charge is 2.46. The monoisotopic (exact) mass is 430 g/mol. The number of nitriles is 1. The third-order valence-electron chi connectivity index (χ3n) is 7.23. The van der Waals surface area contributed by atoms with Gasteiger partial charge in [0.25, 0.3) is 0 Å². The second-order valence-electron chi connectivity index (χ2n) is 9.04. The van der Waals surface area contributed by atoms with Crippen molar-refractivity contribution in [1.82, 2.24) is 15.1 Å². The van der Waals surface area contributed by atoms with Gasteiger partial charge in [0.15, 0.2) is 5.82 Å². The number of aryl methyl sites for hydroxylation is 1. The van der Waals surface area contributed by atoms with E-state index in [-0.39, 0.29) is 11.9 Å². The molecule has 2 fully saturated rings. The van der Waals surface area contributed by atoms with Crippen LogP contribution in [0.4, 0.5) is 15.9 Å². The number of likely N-dealkylation sites (tertiary alicyclic amines) is 1. The molecule has 2 aliphatic heterocycles. The maximum atomic E-state index is 15.2. The Morgan fingerprint density at radius 1 is 1.19 bits per heavy atom. The van der Waals surface area contributed by atoms with Gasteiger partial charge >= 0.3 is 0 Å². The van der Waals surface area contributed by atoms with Crippen LogP contribution in [0.5, 0.6) is 0 Å². The van der Waals surface area contributed by atoms with Gasteiger partial charge in [-0.25, -0.2) is 4.39 Å². The largest absolute Gasteiger partial charge is 0.363 e. The Morgan fingerprint density at radius 2 is 2.00 bits per heavy atom. The Morgan fingerprint density at radius 3 is 2.75 bits per heavy atom. The van der Waals surface area contributed by atoms with Gasteiger partial charge in [-0.05, 0) is 63.6 Å². The van der Waals surface area contributed by atoms with Gasteiger partial charge in [0.05, 0.1) is 29.1 Å². The smallest absolute Gasteiger partial charge is 0.157 e. The standard InChI is InChI=1S/C25H27FN6/c1-14-17(12-27)6-5-7-18(14)15(2)28-25-20-11-23(21(26)10-19(20)16(3)29-30-25)32-13-24-22(32)8-9-31(24)4/h5-7,10-11,15,22,24H,8-9,13H2,1-4H3,(H,28,30)/t15-,22+,24+/m1/s1. The van der Waals surface area contributed by atoms with E-state index in [1.54, 1.807) is 6.07 Å². The highest BCUT2D eigenvalue weighted by Crippen LogP contribution is 2.40. The van der Waals surface area contributed by atoms with Gasteiger partial charge in [-0.15, -0.1) is 5.10 Å². The van der Waals surface area contributed by atoms with Crippen molar-refractivity contribution in [2.45, 2.75) is 45.3 Å².